The van der Waals surface area contributed by atoms with Crippen LogP contribution in [0.4, 0.5) is 5.69 Å². The minimum absolute atomic E-state index is 0.177. The molecule has 1 aromatic rings. The Bertz CT molecular complexity index is 448. The number of nitrogens with one attached hydrogen (secondary N) is 1. The van der Waals surface area contributed by atoms with Gasteiger partial charge in [0.25, 0.3) is 0 Å². The van der Waals surface area contributed by atoms with Gasteiger partial charge in [0.1, 0.15) is 0 Å². The Morgan fingerprint density at radius 3 is 2.60 bits per heavy atom. The number of hydrogen-bond acceptors (Lipinski definition) is 2. The lowest BCUT2D eigenvalue weighted by Crippen LogP contribution is -2.34. The van der Waals surface area contributed by atoms with Crippen molar-refractivity contribution in [2.45, 2.75) is 64.3 Å². The molecule has 0 aromatic heterocycles. The van der Waals surface area contributed by atoms with Crippen molar-refractivity contribution in [3.05, 3.63) is 29.3 Å². The second-order valence-electron chi connectivity index (χ2n) is 5.95. The zero-order valence-corrected chi connectivity index (χ0v) is 12.5. The fourth-order valence-corrected chi connectivity index (χ4v) is 2.83. The van der Waals surface area contributed by atoms with Gasteiger partial charge in [-0.2, -0.15) is 0 Å². The average Bonchev–Trinajstić information content (AvgIpc) is 2.69. The van der Waals surface area contributed by atoms with Crippen LogP contribution < -0.4 is 11.1 Å². The molecule has 1 aromatic carbocycles. The lowest BCUT2D eigenvalue weighted by molar-refractivity contribution is -0.121. The molecule has 1 aliphatic carbocycles. The molecule has 3 nitrogen and oxygen atoms in total. The first kappa shape index (κ1) is 14.9. The molecule has 0 aliphatic heterocycles. The highest BCUT2D eigenvalue weighted by molar-refractivity contribution is 5.76. The molecule has 1 amide bonds. The molecule has 0 unspecified atom stereocenters. The highest BCUT2D eigenvalue weighted by Gasteiger charge is 2.14. The first-order valence-corrected chi connectivity index (χ1v) is 7.79. The zero-order valence-electron chi connectivity index (χ0n) is 12.5. The predicted molar refractivity (Wildman–Crippen MR) is 83.5 cm³/mol. The van der Waals surface area contributed by atoms with Crippen LogP contribution in [0.25, 0.3) is 0 Å². The topological polar surface area (TPSA) is 55.1 Å². The van der Waals surface area contributed by atoms with E-state index < -0.39 is 0 Å². The van der Waals surface area contributed by atoms with Crippen molar-refractivity contribution in [1.29, 1.82) is 0 Å². The minimum atomic E-state index is 0.177. The third-order valence-electron chi connectivity index (χ3n) is 4.20. The number of carbonyl (C=O) groups is 1. The van der Waals surface area contributed by atoms with Gasteiger partial charge in [-0.05, 0) is 43.4 Å². The lowest BCUT2D eigenvalue weighted by atomic mass is 10.0. The molecule has 2 rings (SSSR count). The maximum atomic E-state index is 12.0. The summed E-state index contributed by atoms with van der Waals surface area (Å²) in [6.07, 6.45) is 8.73. The molecule has 0 saturated heterocycles. The van der Waals surface area contributed by atoms with E-state index in [1.165, 1.54) is 25.7 Å². The van der Waals surface area contributed by atoms with Gasteiger partial charge in [0, 0.05) is 18.2 Å². The highest BCUT2D eigenvalue weighted by Crippen LogP contribution is 2.18. The summed E-state index contributed by atoms with van der Waals surface area (Å²) in [6.45, 7) is 2.00. The number of amides is 1. The van der Waals surface area contributed by atoms with E-state index in [2.05, 4.69) is 11.4 Å². The van der Waals surface area contributed by atoms with Gasteiger partial charge in [-0.1, -0.05) is 37.8 Å². The van der Waals surface area contributed by atoms with E-state index >= 15 is 0 Å². The number of anilines is 1. The number of nitrogens with two attached hydrogens (primary N) is 1. The normalized spacial score (nSPS) is 16.6. The zero-order chi connectivity index (χ0) is 14.4. The monoisotopic (exact) mass is 274 g/mol. The average molecular weight is 274 g/mol. The minimum Gasteiger partial charge on any atom is -0.399 e. The van der Waals surface area contributed by atoms with E-state index in [0.717, 1.165) is 36.1 Å². The quantitative estimate of drug-likeness (QED) is 0.653. The van der Waals surface area contributed by atoms with E-state index in [1.807, 2.05) is 19.1 Å². The first-order chi connectivity index (χ1) is 9.65. The van der Waals surface area contributed by atoms with Crippen molar-refractivity contribution in [2.24, 2.45) is 0 Å². The standard InChI is InChI=1S/C17H26N2O/c1-13-8-9-14(12-16(13)18)10-11-17(20)19-15-6-4-2-3-5-7-15/h8-9,12,15H,2-7,10-11,18H2,1H3,(H,19,20). The van der Waals surface area contributed by atoms with Gasteiger partial charge in [-0.3, -0.25) is 4.79 Å². The highest BCUT2D eigenvalue weighted by atomic mass is 16.1. The van der Waals surface area contributed by atoms with Gasteiger partial charge < -0.3 is 11.1 Å². The molecule has 110 valence electrons. The van der Waals surface area contributed by atoms with E-state index in [9.17, 15) is 4.79 Å². The summed E-state index contributed by atoms with van der Waals surface area (Å²) in [7, 11) is 0. The first-order valence-electron chi connectivity index (χ1n) is 7.79. The second-order valence-corrected chi connectivity index (χ2v) is 5.95. The van der Waals surface area contributed by atoms with Crippen molar-refractivity contribution in [3.8, 4) is 0 Å². The Kier molecular flexibility index (Phi) is 5.45. The number of aryl methyl sites for hydroxylation is 2. The Morgan fingerprint density at radius 1 is 1.25 bits per heavy atom. The predicted octanol–water partition coefficient (Wildman–Crippen LogP) is 3.35. The van der Waals surface area contributed by atoms with Crippen molar-refractivity contribution < 1.29 is 4.79 Å². The molecule has 3 heteroatoms. The van der Waals surface area contributed by atoms with Crippen molar-refractivity contribution in [1.82, 2.24) is 5.32 Å². The number of hydrogen-bond donors (Lipinski definition) is 2. The number of rotatable bonds is 4. The Balaban J connectivity index is 1.77. The van der Waals surface area contributed by atoms with Gasteiger partial charge in [-0.25, -0.2) is 0 Å². The van der Waals surface area contributed by atoms with Gasteiger partial charge in [0.05, 0.1) is 0 Å². The second kappa shape index (κ2) is 7.32. The van der Waals surface area contributed by atoms with Gasteiger partial charge >= 0.3 is 0 Å². The van der Waals surface area contributed by atoms with Crippen molar-refractivity contribution in [2.75, 3.05) is 5.73 Å². The fraction of sp³-hybridized carbons (Fsp3) is 0.588. The summed E-state index contributed by atoms with van der Waals surface area (Å²) in [5.74, 6) is 0.177. The summed E-state index contributed by atoms with van der Waals surface area (Å²) in [6, 6.07) is 6.46. The fourth-order valence-electron chi connectivity index (χ4n) is 2.83. The van der Waals surface area contributed by atoms with Gasteiger partial charge in [0.2, 0.25) is 5.91 Å². The summed E-state index contributed by atoms with van der Waals surface area (Å²) >= 11 is 0. The van der Waals surface area contributed by atoms with Crippen LogP contribution >= 0.6 is 0 Å². The SMILES string of the molecule is Cc1ccc(CCC(=O)NC2CCCCCC2)cc1N. The molecule has 0 heterocycles. The number of benzene rings is 1. The molecule has 1 fully saturated rings. The molecule has 0 spiro atoms. The van der Waals surface area contributed by atoms with Gasteiger partial charge in [-0.15, -0.1) is 0 Å². The van der Waals surface area contributed by atoms with Crippen molar-refractivity contribution in [3.63, 3.8) is 0 Å². The molecule has 3 N–H and O–H groups in total. The third-order valence-corrected chi connectivity index (χ3v) is 4.20. The van der Waals surface area contributed by atoms with E-state index in [4.69, 9.17) is 5.73 Å². The van der Waals surface area contributed by atoms with Crippen LogP contribution in [0.5, 0.6) is 0 Å². The maximum absolute atomic E-state index is 12.0. The van der Waals surface area contributed by atoms with Crippen LogP contribution in [0.1, 0.15) is 56.1 Å². The van der Waals surface area contributed by atoms with Crippen LogP contribution in [-0.2, 0) is 11.2 Å². The summed E-state index contributed by atoms with van der Waals surface area (Å²) in [4.78, 5) is 12.0. The molecule has 1 saturated carbocycles. The molecular formula is C17H26N2O. The lowest BCUT2D eigenvalue weighted by Gasteiger charge is -2.16. The molecule has 0 atom stereocenters. The Labute approximate surface area is 121 Å². The van der Waals surface area contributed by atoms with Crippen molar-refractivity contribution >= 4 is 11.6 Å². The van der Waals surface area contributed by atoms with E-state index in [0.29, 0.717) is 12.5 Å². The molecule has 0 bridgehead atoms. The molecule has 20 heavy (non-hydrogen) atoms. The smallest absolute Gasteiger partial charge is 0.220 e. The van der Waals surface area contributed by atoms with Crippen LogP contribution in [0, 0.1) is 6.92 Å². The van der Waals surface area contributed by atoms with E-state index in [1.54, 1.807) is 0 Å². The molecule has 0 radical (unpaired) electrons. The Morgan fingerprint density at radius 2 is 1.95 bits per heavy atom. The number of carbonyl (C=O) groups excluding carboxylic acids is 1. The maximum Gasteiger partial charge on any atom is 0.220 e. The van der Waals surface area contributed by atoms with Crippen LogP contribution in [-0.4, -0.2) is 11.9 Å². The van der Waals surface area contributed by atoms with Crippen LogP contribution in [0.2, 0.25) is 0 Å². The summed E-state index contributed by atoms with van der Waals surface area (Å²) in [5.41, 5.74) is 8.94. The third kappa shape index (κ3) is 4.55. The molecular weight excluding hydrogens is 248 g/mol. The van der Waals surface area contributed by atoms with Gasteiger partial charge in [0.15, 0.2) is 0 Å². The summed E-state index contributed by atoms with van der Waals surface area (Å²) < 4.78 is 0. The van der Waals surface area contributed by atoms with Crippen LogP contribution in [0.15, 0.2) is 18.2 Å². The number of nitrogen functional groups attached to an aromatic ring is 1. The van der Waals surface area contributed by atoms with E-state index in [-0.39, 0.29) is 5.91 Å². The summed E-state index contributed by atoms with van der Waals surface area (Å²) in [5, 5.41) is 3.18. The largest absolute Gasteiger partial charge is 0.399 e. The van der Waals surface area contributed by atoms with Crippen LogP contribution in [0.3, 0.4) is 0 Å². The molecule has 1 aliphatic rings. The Hall–Kier alpha value is -1.51.